The van der Waals surface area contributed by atoms with Gasteiger partial charge in [-0.2, -0.15) is 9.29 Å². The first kappa shape index (κ1) is 23.4. The fourth-order valence-corrected chi connectivity index (χ4v) is 5.26. The smallest absolute Gasteiger partial charge is 0.243 e. The second kappa shape index (κ2) is 10.5. The summed E-state index contributed by atoms with van der Waals surface area (Å²) in [5.41, 5.74) is 1.65. The average Bonchev–Trinajstić information content (AvgIpc) is 3.52. The molecule has 8 nitrogen and oxygen atoms in total. The molecule has 1 N–H and O–H groups in total. The molecule has 0 unspecified atom stereocenters. The first-order chi connectivity index (χ1) is 15.9. The second-order valence-corrected chi connectivity index (χ2v) is 10.3. The molecule has 174 valence electrons. The minimum absolute atomic E-state index is 0.0961. The molecule has 0 bridgehead atoms. The third-order valence-electron chi connectivity index (χ3n) is 5.48. The van der Waals surface area contributed by atoms with Crippen LogP contribution in [-0.2, 0) is 27.8 Å². The molecular formula is C23H25ClN4O4S. The maximum absolute atomic E-state index is 12.6. The van der Waals surface area contributed by atoms with E-state index in [-0.39, 0.29) is 10.8 Å². The number of sulfonamides is 1. The minimum atomic E-state index is -3.42. The third-order valence-corrected chi connectivity index (χ3v) is 7.65. The van der Waals surface area contributed by atoms with E-state index in [9.17, 15) is 13.2 Å². The summed E-state index contributed by atoms with van der Waals surface area (Å²) >= 11 is 5.89. The maximum Gasteiger partial charge on any atom is 0.243 e. The van der Waals surface area contributed by atoms with Crippen molar-refractivity contribution in [3.63, 3.8) is 0 Å². The topological polar surface area (TPSA) is 105 Å². The number of aromatic nitrogens is 2. The van der Waals surface area contributed by atoms with E-state index in [1.54, 1.807) is 36.4 Å². The van der Waals surface area contributed by atoms with Gasteiger partial charge in [0.2, 0.25) is 27.6 Å². The van der Waals surface area contributed by atoms with Crippen molar-refractivity contribution in [3.05, 3.63) is 65.0 Å². The Hall–Kier alpha value is -2.75. The van der Waals surface area contributed by atoms with Crippen LogP contribution in [0.3, 0.4) is 0 Å². The fourth-order valence-electron chi connectivity index (χ4n) is 3.62. The van der Waals surface area contributed by atoms with Crippen LogP contribution < -0.4 is 5.32 Å². The van der Waals surface area contributed by atoms with Gasteiger partial charge in [0, 0.05) is 43.1 Å². The molecule has 0 radical (unpaired) electrons. The molecule has 1 aliphatic heterocycles. The lowest BCUT2D eigenvalue weighted by Crippen LogP contribution is -2.27. The van der Waals surface area contributed by atoms with Crippen LogP contribution in [0.4, 0.5) is 0 Å². The van der Waals surface area contributed by atoms with Crippen molar-refractivity contribution in [1.82, 2.24) is 19.8 Å². The highest BCUT2D eigenvalue weighted by atomic mass is 35.5. The molecule has 1 fully saturated rings. The molecule has 33 heavy (non-hydrogen) atoms. The summed E-state index contributed by atoms with van der Waals surface area (Å²) in [5.74, 6) is 0.866. The van der Waals surface area contributed by atoms with E-state index in [4.69, 9.17) is 16.1 Å². The van der Waals surface area contributed by atoms with E-state index in [1.807, 2.05) is 12.1 Å². The van der Waals surface area contributed by atoms with Gasteiger partial charge in [-0.15, -0.1) is 0 Å². The van der Waals surface area contributed by atoms with Gasteiger partial charge in [0.15, 0.2) is 0 Å². The average molecular weight is 489 g/mol. The molecular weight excluding hydrogens is 464 g/mol. The quantitative estimate of drug-likeness (QED) is 0.491. The normalized spacial score (nSPS) is 14.5. The van der Waals surface area contributed by atoms with Crippen molar-refractivity contribution in [2.45, 2.75) is 43.5 Å². The fraction of sp³-hybridized carbons (Fsp3) is 0.348. The van der Waals surface area contributed by atoms with Crippen molar-refractivity contribution in [1.29, 1.82) is 0 Å². The van der Waals surface area contributed by atoms with E-state index in [0.29, 0.717) is 55.6 Å². The van der Waals surface area contributed by atoms with Gasteiger partial charge in [-0.3, -0.25) is 4.79 Å². The first-order valence-electron chi connectivity index (χ1n) is 10.9. The van der Waals surface area contributed by atoms with Crippen LogP contribution in [0.25, 0.3) is 11.4 Å². The number of amides is 1. The van der Waals surface area contributed by atoms with Crippen molar-refractivity contribution >= 4 is 27.5 Å². The lowest BCUT2D eigenvalue weighted by Gasteiger charge is -2.15. The summed E-state index contributed by atoms with van der Waals surface area (Å²) in [5, 5.41) is 7.46. The molecule has 2 heterocycles. The number of nitrogens with one attached hydrogen (secondary N) is 1. The number of nitrogens with zero attached hydrogens (tertiary/aromatic N) is 3. The molecule has 1 aliphatic rings. The highest BCUT2D eigenvalue weighted by Gasteiger charge is 2.26. The molecule has 1 saturated heterocycles. The summed E-state index contributed by atoms with van der Waals surface area (Å²) in [4.78, 5) is 16.8. The highest BCUT2D eigenvalue weighted by Crippen LogP contribution is 2.21. The van der Waals surface area contributed by atoms with Gasteiger partial charge >= 0.3 is 0 Å². The Morgan fingerprint density at radius 1 is 1.06 bits per heavy atom. The molecule has 1 amide bonds. The predicted octanol–water partition coefficient (Wildman–Crippen LogP) is 3.81. The van der Waals surface area contributed by atoms with Gasteiger partial charge in [-0.1, -0.05) is 28.9 Å². The van der Waals surface area contributed by atoms with Gasteiger partial charge in [0.1, 0.15) is 0 Å². The SMILES string of the molecule is O=C(CCCc1nc(-c2ccc(Cl)cc2)no1)NCc1ccc(S(=O)(=O)N2CCCC2)cc1. The van der Waals surface area contributed by atoms with E-state index >= 15 is 0 Å². The molecule has 4 rings (SSSR count). The van der Waals surface area contributed by atoms with Crippen molar-refractivity contribution in [2.24, 2.45) is 0 Å². The van der Waals surface area contributed by atoms with Crippen molar-refractivity contribution in [2.75, 3.05) is 13.1 Å². The molecule has 0 aliphatic carbocycles. The Labute approximate surface area is 198 Å². The summed E-state index contributed by atoms with van der Waals surface area (Å²) in [6.45, 7) is 1.49. The lowest BCUT2D eigenvalue weighted by atomic mass is 10.2. The van der Waals surface area contributed by atoms with Crippen LogP contribution in [0.5, 0.6) is 0 Å². The Morgan fingerprint density at radius 3 is 2.45 bits per heavy atom. The number of carbonyl (C=O) groups excluding carboxylic acids is 1. The van der Waals surface area contributed by atoms with Crippen molar-refractivity contribution < 1.29 is 17.7 Å². The second-order valence-electron chi connectivity index (χ2n) is 7.90. The largest absolute Gasteiger partial charge is 0.352 e. The Kier molecular flexibility index (Phi) is 7.42. The van der Waals surface area contributed by atoms with Crippen molar-refractivity contribution in [3.8, 4) is 11.4 Å². The predicted molar refractivity (Wildman–Crippen MR) is 124 cm³/mol. The van der Waals surface area contributed by atoms with Crippen LogP contribution in [-0.4, -0.2) is 41.9 Å². The molecule has 0 spiro atoms. The monoisotopic (exact) mass is 488 g/mol. The number of aryl methyl sites for hydroxylation is 1. The molecule has 2 aromatic carbocycles. The van der Waals surface area contributed by atoms with Gasteiger partial charge in [0.25, 0.3) is 0 Å². The van der Waals surface area contributed by atoms with E-state index in [1.165, 1.54) is 4.31 Å². The van der Waals surface area contributed by atoms with Crippen LogP contribution in [0.15, 0.2) is 57.9 Å². The first-order valence-corrected chi connectivity index (χ1v) is 12.7. The Bertz CT molecular complexity index is 1190. The third kappa shape index (κ3) is 5.98. The summed E-state index contributed by atoms with van der Waals surface area (Å²) in [6.07, 6.45) is 3.19. The molecule has 10 heteroatoms. The number of halogens is 1. The molecule has 3 aromatic rings. The number of hydrogen-bond acceptors (Lipinski definition) is 6. The summed E-state index contributed by atoms with van der Waals surface area (Å²) < 4.78 is 31.9. The zero-order chi connectivity index (χ0) is 23.3. The minimum Gasteiger partial charge on any atom is -0.352 e. The Balaban J connectivity index is 1.21. The molecule has 0 atom stereocenters. The van der Waals surface area contributed by atoms with Gasteiger partial charge < -0.3 is 9.84 Å². The number of rotatable bonds is 9. The van der Waals surface area contributed by atoms with Crippen LogP contribution >= 0.6 is 11.6 Å². The molecule has 0 saturated carbocycles. The van der Waals surface area contributed by atoms with Crippen LogP contribution in [0, 0.1) is 0 Å². The number of benzene rings is 2. The van der Waals surface area contributed by atoms with Gasteiger partial charge in [0.05, 0.1) is 4.90 Å². The van der Waals surface area contributed by atoms with E-state index in [0.717, 1.165) is 24.0 Å². The standard InChI is InChI=1S/C23H25ClN4O4S/c24-19-10-8-18(9-11-19)23-26-22(32-27-23)5-3-4-21(29)25-16-17-6-12-20(13-7-17)33(30,31)28-14-1-2-15-28/h6-13H,1-5,14-16H2,(H,25,29). The summed E-state index contributed by atoms with van der Waals surface area (Å²) in [7, 11) is -3.42. The number of carbonyl (C=O) groups is 1. The zero-order valence-electron chi connectivity index (χ0n) is 18.0. The van der Waals surface area contributed by atoms with E-state index in [2.05, 4.69) is 15.5 Å². The van der Waals surface area contributed by atoms with Gasteiger partial charge in [-0.05, 0) is 61.2 Å². The summed E-state index contributed by atoms with van der Waals surface area (Å²) in [6, 6.07) is 13.8. The number of hydrogen-bond donors (Lipinski definition) is 1. The van der Waals surface area contributed by atoms with Gasteiger partial charge in [-0.25, -0.2) is 8.42 Å². The maximum atomic E-state index is 12.6. The van der Waals surface area contributed by atoms with Crippen LogP contribution in [0.2, 0.25) is 5.02 Å². The van der Waals surface area contributed by atoms with E-state index < -0.39 is 10.0 Å². The lowest BCUT2D eigenvalue weighted by molar-refractivity contribution is -0.121. The highest BCUT2D eigenvalue weighted by molar-refractivity contribution is 7.89. The van der Waals surface area contributed by atoms with Crippen LogP contribution in [0.1, 0.15) is 37.1 Å². The molecule has 1 aromatic heterocycles. The zero-order valence-corrected chi connectivity index (χ0v) is 19.6. The Morgan fingerprint density at radius 2 is 1.76 bits per heavy atom.